The molecule has 2 aromatic carbocycles. The molecule has 326 valence electrons. The van der Waals surface area contributed by atoms with Crippen LogP contribution in [0.15, 0.2) is 91.0 Å². The fraction of sp³-hybridized carbons (Fsp3) is 0.458. The van der Waals surface area contributed by atoms with Crippen molar-refractivity contribution in [3.8, 4) is 11.3 Å². The number of hydrogen-bond acceptors (Lipinski definition) is 8. The van der Waals surface area contributed by atoms with Crippen LogP contribution in [-0.4, -0.2) is 88.3 Å². The summed E-state index contributed by atoms with van der Waals surface area (Å²) in [6, 6.07) is 27.2. The molecule has 1 aliphatic heterocycles. The molecule has 13 nitrogen and oxygen atoms in total. The first-order chi connectivity index (χ1) is 28.9. The summed E-state index contributed by atoms with van der Waals surface area (Å²) >= 11 is 0. The van der Waals surface area contributed by atoms with Gasteiger partial charge in [0.2, 0.25) is 11.8 Å². The third-order valence-corrected chi connectivity index (χ3v) is 11.1. The number of urea groups is 1. The topological polar surface area (TPSA) is 175 Å². The number of rotatable bonds is 18. The molecule has 5 amide bonds. The first kappa shape index (κ1) is 46.2. The number of aryl methyl sites for hydroxylation is 2. The van der Waals surface area contributed by atoms with Crippen LogP contribution in [0.2, 0.25) is 0 Å². The fourth-order valence-corrected chi connectivity index (χ4v) is 8.08. The molecule has 0 aliphatic carbocycles. The Morgan fingerprint density at radius 3 is 2.15 bits per heavy atom. The van der Waals surface area contributed by atoms with Gasteiger partial charge in [0.15, 0.2) is 0 Å². The standard InChI is InChI=1S/C48H63N7O6/c1-31-14-12-18-36(51-31)29-55-40(28-49-45(55)59)43(47(3,4)5)44(58)53-37(24-33-16-10-9-11-17-33)26-41(56)39(54-42(57)27-48(6,7)30-50-46(60)61-8)25-34-20-22-35(23-21-34)38-19-13-15-32(2)52-38/h9-23,37,39-41,43,56H,24-30H2,1-8H3,(H,49,59)(H,50,60)(H,53,58)(H,54,57). The summed E-state index contributed by atoms with van der Waals surface area (Å²) in [5.41, 5.74) is 4.96. The lowest BCUT2D eigenvalue weighted by Gasteiger charge is -2.38. The number of aliphatic hydroxyl groups excluding tert-OH is 1. The number of nitrogens with zero attached hydrogens (tertiary/aromatic N) is 3. The number of hydrogen-bond donors (Lipinski definition) is 5. The lowest BCUT2D eigenvalue weighted by molar-refractivity contribution is -0.132. The van der Waals surface area contributed by atoms with E-state index in [0.717, 1.165) is 39.5 Å². The Labute approximate surface area is 360 Å². The average molecular weight is 834 g/mol. The van der Waals surface area contributed by atoms with E-state index in [1.807, 2.05) is 139 Å². The van der Waals surface area contributed by atoms with Crippen LogP contribution >= 0.6 is 0 Å². The molecular weight excluding hydrogens is 771 g/mol. The van der Waals surface area contributed by atoms with Crippen molar-refractivity contribution < 1.29 is 29.0 Å². The predicted octanol–water partition coefficient (Wildman–Crippen LogP) is 6.29. The largest absolute Gasteiger partial charge is 0.453 e. The summed E-state index contributed by atoms with van der Waals surface area (Å²) in [7, 11) is 1.29. The Morgan fingerprint density at radius 1 is 0.852 bits per heavy atom. The highest BCUT2D eigenvalue weighted by Gasteiger charge is 2.46. The molecule has 1 aliphatic rings. The normalized spacial score (nSPS) is 16.2. The van der Waals surface area contributed by atoms with E-state index in [2.05, 4.69) is 31.2 Å². The van der Waals surface area contributed by atoms with Gasteiger partial charge in [-0.15, -0.1) is 0 Å². The van der Waals surface area contributed by atoms with Gasteiger partial charge in [0.1, 0.15) is 0 Å². The van der Waals surface area contributed by atoms with Gasteiger partial charge in [-0.1, -0.05) is 101 Å². The van der Waals surface area contributed by atoms with Gasteiger partial charge in [-0.3, -0.25) is 19.6 Å². The average Bonchev–Trinajstić information content (AvgIpc) is 3.54. The van der Waals surface area contributed by atoms with Gasteiger partial charge in [-0.2, -0.15) is 0 Å². The molecule has 5 unspecified atom stereocenters. The monoisotopic (exact) mass is 833 g/mol. The molecule has 5 rings (SSSR count). The van der Waals surface area contributed by atoms with Crippen LogP contribution in [0.5, 0.6) is 0 Å². The van der Waals surface area contributed by atoms with Gasteiger partial charge in [-0.05, 0) is 79.3 Å². The van der Waals surface area contributed by atoms with Gasteiger partial charge in [0.05, 0.1) is 49.1 Å². The zero-order chi connectivity index (χ0) is 44.3. The molecule has 0 spiro atoms. The van der Waals surface area contributed by atoms with Gasteiger partial charge in [0.25, 0.3) is 0 Å². The SMILES string of the molecule is COC(=O)NCC(C)(C)CC(=O)NC(Cc1ccc(-c2cccc(C)n2)cc1)C(O)CC(Cc1ccccc1)NC(=O)C(C1CNC(=O)N1Cc1cccc(C)n1)C(C)(C)C. The van der Waals surface area contributed by atoms with Gasteiger partial charge >= 0.3 is 12.1 Å². The molecule has 0 bridgehead atoms. The highest BCUT2D eigenvalue weighted by molar-refractivity contribution is 5.84. The Kier molecular flexibility index (Phi) is 15.6. The summed E-state index contributed by atoms with van der Waals surface area (Å²) in [6.45, 7) is 14.3. The molecule has 61 heavy (non-hydrogen) atoms. The fourth-order valence-electron chi connectivity index (χ4n) is 8.08. The van der Waals surface area contributed by atoms with Crippen molar-refractivity contribution in [2.24, 2.45) is 16.7 Å². The van der Waals surface area contributed by atoms with Crippen molar-refractivity contribution in [2.75, 3.05) is 20.2 Å². The van der Waals surface area contributed by atoms with Crippen molar-refractivity contribution in [1.82, 2.24) is 36.1 Å². The molecule has 1 fully saturated rings. The zero-order valence-electron chi connectivity index (χ0n) is 36.8. The van der Waals surface area contributed by atoms with E-state index in [4.69, 9.17) is 4.74 Å². The second-order valence-electron chi connectivity index (χ2n) is 18.1. The first-order valence-electron chi connectivity index (χ1n) is 21.0. The number of pyridine rings is 2. The van der Waals surface area contributed by atoms with Crippen LogP contribution in [0, 0.1) is 30.6 Å². The quantitative estimate of drug-likeness (QED) is 0.0777. The minimum absolute atomic E-state index is 0.0678. The number of nitrogens with one attached hydrogen (secondary N) is 4. The van der Waals surface area contributed by atoms with E-state index < -0.39 is 47.1 Å². The van der Waals surface area contributed by atoms with Crippen molar-refractivity contribution >= 4 is 23.9 Å². The zero-order valence-corrected chi connectivity index (χ0v) is 36.8. The summed E-state index contributed by atoms with van der Waals surface area (Å²) in [5, 5.41) is 24.3. The van der Waals surface area contributed by atoms with Crippen molar-refractivity contribution in [1.29, 1.82) is 0 Å². The number of carbonyl (C=O) groups is 4. The van der Waals surface area contributed by atoms with E-state index in [1.165, 1.54) is 7.11 Å². The molecule has 5 N–H and O–H groups in total. The predicted molar refractivity (Wildman–Crippen MR) is 236 cm³/mol. The maximum Gasteiger partial charge on any atom is 0.406 e. The summed E-state index contributed by atoms with van der Waals surface area (Å²) < 4.78 is 4.72. The van der Waals surface area contributed by atoms with Crippen molar-refractivity contribution in [2.45, 2.75) is 105 Å². The molecule has 1 saturated heterocycles. The Morgan fingerprint density at radius 2 is 1.51 bits per heavy atom. The lowest BCUT2D eigenvalue weighted by atomic mass is 9.75. The second-order valence-corrected chi connectivity index (χ2v) is 18.1. The summed E-state index contributed by atoms with van der Waals surface area (Å²) in [4.78, 5) is 64.6. The van der Waals surface area contributed by atoms with Crippen LogP contribution in [0.25, 0.3) is 11.3 Å². The third-order valence-electron chi connectivity index (χ3n) is 11.1. The maximum absolute atomic E-state index is 14.7. The highest BCUT2D eigenvalue weighted by Crippen LogP contribution is 2.34. The van der Waals surface area contributed by atoms with E-state index in [0.29, 0.717) is 19.4 Å². The number of amides is 5. The number of alkyl carbamates (subject to hydrolysis) is 1. The highest BCUT2D eigenvalue weighted by atomic mass is 16.5. The summed E-state index contributed by atoms with van der Waals surface area (Å²) in [5.74, 6) is -1.14. The molecule has 0 saturated carbocycles. The van der Waals surface area contributed by atoms with Crippen LogP contribution in [0.3, 0.4) is 0 Å². The minimum atomic E-state index is -1.08. The van der Waals surface area contributed by atoms with E-state index in [-0.39, 0.29) is 43.8 Å². The number of ether oxygens (including phenoxy) is 1. The summed E-state index contributed by atoms with van der Waals surface area (Å²) in [6.07, 6.45) is -0.746. The first-order valence-corrected chi connectivity index (χ1v) is 21.0. The van der Waals surface area contributed by atoms with Gasteiger partial charge < -0.3 is 36.0 Å². The maximum atomic E-state index is 14.7. The van der Waals surface area contributed by atoms with E-state index in [9.17, 15) is 24.3 Å². The van der Waals surface area contributed by atoms with Crippen LogP contribution < -0.4 is 21.3 Å². The number of aromatic nitrogens is 2. The Hall–Kier alpha value is -5.82. The van der Waals surface area contributed by atoms with Crippen LogP contribution in [0.1, 0.15) is 75.7 Å². The second kappa shape index (κ2) is 20.6. The van der Waals surface area contributed by atoms with Crippen molar-refractivity contribution in [3.05, 3.63) is 119 Å². The van der Waals surface area contributed by atoms with Crippen LogP contribution in [0.4, 0.5) is 9.59 Å². The molecule has 3 heterocycles. The third kappa shape index (κ3) is 13.6. The molecule has 5 atom stereocenters. The number of aliphatic hydroxyl groups is 1. The minimum Gasteiger partial charge on any atom is -0.453 e. The van der Waals surface area contributed by atoms with E-state index in [1.54, 1.807) is 4.90 Å². The Balaban J connectivity index is 1.41. The lowest BCUT2D eigenvalue weighted by Crippen LogP contribution is -2.54. The van der Waals surface area contributed by atoms with Gasteiger partial charge in [0, 0.05) is 42.5 Å². The number of methoxy groups -OCH3 is 1. The van der Waals surface area contributed by atoms with E-state index >= 15 is 0 Å². The molecule has 13 heteroatoms. The smallest absolute Gasteiger partial charge is 0.406 e. The van der Waals surface area contributed by atoms with Crippen LogP contribution in [-0.2, 0) is 33.7 Å². The van der Waals surface area contributed by atoms with Crippen molar-refractivity contribution in [3.63, 3.8) is 0 Å². The molecule has 2 aromatic heterocycles. The van der Waals surface area contributed by atoms with Gasteiger partial charge in [-0.25, -0.2) is 9.59 Å². The Bertz CT molecular complexity index is 2100. The molecule has 4 aromatic rings. The molecular formula is C48H63N7O6. The number of benzene rings is 2. The molecule has 0 radical (unpaired) electrons. The number of carbonyl (C=O) groups excluding carboxylic acids is 4.